The third kappa shape index (κ3) is 7.86. The normalized spacial score (nSPS) is 23.1. The van der Waals surface area contributed by atoms with Crippen molar-refractivity contribution in [3.8, 4) is 0 Å². The highest BCUT2D eigenvalue weighted by atomic mass is 16.7. The van der Waals surface area contributed by atoms with Crippen LogP contribution in [0.3, 0.4) is 0 Å². The van der Waals surface area contributed by atoms with Gasteiger partial charge in [-0.15, -0.1) is 0 Å². The van der Waals surface area contributed by atoms with E-state index in [0.29, 0.717) is 0 Å². The van der Waals surface area contributed by atoms with Crippen LogP contribution in [0.15, 0.2) is 60.7 Å². The highest BCUT2D eigenvalue weighted by molar-refractivity contribution is 5.68. The van der Waals surface area contributed by atoms with Gasteiger partial charge in [0.25, 0.3) is 0 Å². The Kier molecular flexibility index (Phi) is 9.76. The van der Waals surface area contributed by atoms with Gasteiger partial charge in [-0.3, -0.25) is 19.2 Å². The van der Waals surface area contributed by atoms with Crippen LogP contribution < -0.4 is 0 Å². The van der Waals surface area contributed by atoms with Gasteiger partial charge in [-0.2, -0.15) is 0 Å². The van der Waals surface area contributed by atoms with Gasteiger partial charge in [-0.05, 0) is 11.1 Å². The Morgan fingerprint density at radius 3 is 1.59 bits per heavy atom. The third-order valence-electron chi connectivity index (χ3n) is 5.42. The van der Waals surface area contributed by atoms with Crippen molar-refractivity contribution in [3.05, 3.63) is 71.8 Å². The monoisotopic (exact) mass is 514 g/mol. The van der Waals surface area contributed by atoms with Crippen LogP contribution >= 0.6 is 0 Å². The Labute approximate surface area is 214 Å². The predicted molar refractivity (Wildman–Crippen MR) is 128 cm³/mol. The first-order valence-electron chi connectivity index (χ1n) is 11.7. The molecule has 37 heavy (non-hydrogen) atoms. The van der Waals surface area contributed by atoms with Crippen molar-refractivity contribution in [2.24, 2.45) is 0 Å². The van der Waals surface area contributed by atoms with Crippen molar-refractivity contribution >= 4 is 23.9 Å². The number of carbonyl (C=O) groups is 4. The summed E-state index contributed by atoms with van der Waals surface area (Å²) in [5.41, 5.74) is 1.56. The van der Waals surface area contributed by atoms with E-state index in [1.54, 1.807) is 0 Å². The summed E-state index contributed by atoms with van der Waals surface area (Å²) in [5, 5.41) is 0. The Morgan fingerprint density at radius 1 is 0.676 bits per heavy atom. The Morgan fingerprint density at radius 2 is 1.14 bits per heavy atom. The summed E-state index contributed by atoms with van der Waals surface area (Å²) in [6.07, 6.45) is -6.95. The maximum atomic E-state index is 12.1. The Bertz CT molecular complexity index is 1030. The molecule has 10 nitrogen and oxygen atoms in total. The largest absolute Gasteiger partial charge is 0.463 e. The number of hydrogen-bond donors (Lipinski definition) is 0. The standard InChI is InChI=1S/C27H30O10/c1-16(28)32-15-22-24(33-17(2)29)25(34-18(3)30)26(35-19(4)31)27(36-22)37-23(20-11-7-5-8-12-20)21-13-9-6-10-14-21/h5-14,22-27H,15H2,1-4H3/t22-,24-,25+,26-,27-/m1/s1. The van der Waals surface area contributed by atoms with Crippen LogP contribution in [0, 0.1) is 0 Å². The molecule has 2 aromatic carbocycles. The zero-order chi connectivity index (χ0) is 26.9. The molecule has 0 aliphatic carbocycles. The average Bonchev–Trinajstić information content (AvgIpc) is 2.85. The van der Waals surface area contributed by atoms with Crippen molar-refractivity contribution in [2.75, 3.05) is 6.61 Å². The SMILES string of the molecule is CC(=O)OC[C@H]1O[C@H](OC(c2ccccc2)c2ccccc2)[C@H](OC(C)=O)[C@@H](OC(C)=O)[C@@H]1OC(C)=O. The van der Waals surface area contributed by atoms with Crippen molar-refractivity contribution in [2.45, 2.75) is 64.5 Å². The highest BCUT2D eigenvalue weighted by Gasteiger charge is 2.53. The minimum absolute atomic E-state index is 0.334. The summed E-state index contributed by atoms with van der Waals surface area (Å²) in [6.45, 7) is 4.39. The summed E-state index contributed by atoms with van der Waals surface area (Å²) in [4.78, 5) is 47.6. The second-order valence-corrected chi connectivity index (χ2v) is 8.41. The first-order valence-corrected chi connectivity index (χ1v) is 11.7. The summed E-state index contributed by atoms with van der Waals surface area (Å²) in [7, 11) is 0. The Hall–Kier alpha value is -3.76. The molecule has 10 heteroatoms. The molecule has 3 rings (SSSR count). The molecule has 0 spiro atoms. The topological polar surface area (TPSA) is 124 Å². The molecule has 1 saturated heterocycles. The molecule has 0 N–H and O–H groups in total. The Balaban J connectivity index is 2.05. The summed E-state index contributed by atoms with van der Waals surface area (Å²) in [5.74, 6) is -2.71. The number of rotatable bonds is 9. The van der Waals surface area contributed by atoms with Gasteiger partial charge in [0.1, 0.15) is 18.8 Å². The van der Waals surface area contributed by atoms with Crippen molar-refractivity contribution < 1.29 is 47.6 Å². The van der Waals surface area contributed by atoms with Gasteiger partial charge in [0.15, 0.2) is 24.6 Å². The van der Waals surface area contributed by atoms with Gasteiger partial charge in [-0.25, -0.2) is 0 Å². The lowest BCUT2D eigenvalue weighted by molar-refractivity contribution is -0.315. The molecule has 198 valence electrons. The minimum Gasteiger partial charge on any atom is -0.463 e. The van der Waals surface area contributed by atoms with Gasteiger partial charge < -0.3 is 28.4 Å². The molecular weight excluding hydrogens is 484 g/mol. The van der Waals surface area contributed by atoms with Gasteiger partial charge >= 0.3 is 23.9 Å². The van der Waals surface area contributed by atoms with E-state index in [0.717, 1.165) is 18.1 Å². The summed E-state index contributed by atoms with van der Waals surface area (Å²) < 4.78 is 34.0. The second kappa shape index (κ2) is 13.0. The average molecular weight is 515 g/mol. The molecule has 0 unspecified atom stereocenters. The first-order chi connectivity index (χ1) is 17.7. The molecule has 0 saturated carbocycles. The minimum atomic E-state index is -1.31. The van der Waals surface area contributed by atoms with Crippen LogP contribution in [0.1, 0.15) is 44.9 Å². The van der Waals surface area contributed by atoms with Crippen molar-refractivity contribution in [1.82, 2.24) is 0 Å². The lowest BCUT2D eigenvalue weighted by Gasteiger charge is -2.44. The highest BCUT2D eigenvalue weighted by Crippen LogP contribution is 2.35. The molecule has 1 aliphatic heterocycles. The van der Waals surface area contributed by atoms with E-state index >= 15 is 0 Å². The number of esters is 4. The number of ether oxygens (including phenoxy) is 6. The molecule has 0 radical (unpaired) electrons. The number of benzene rings is 2. The van der Waals surface area contributed by atoms with Gasteiger partial charge in [0, 0.05) is 27.7 Å². The van der Waals surface area contributed by atoms with E-state index in [-0.39, 0.29) is 6.61 Å². The van der Waals surface area contributed by atoms with E-state index in [2.05, 4.69) is 0 Å². The lowest BCUT2D eigenvalue weighted by Crippen LogP contribution is -2.63. The van der Waals surface area contributed by atoms with E-state index in [1.165, 1.54) is 20.8 Å². The van der Waals surface area contributed by atoms with E-state index in [1.807, 2.05) is 60.7 Å². The first kappa shape index (κ1) is 27.8. The van der Waals surface area contributed by atoms with Gasteiger partial charge in [0.2, 0.25) is 0 Å². The van der Waals surface area contributed by atoms with Crippen LogP contribution in [-0.2, 0) is 47.6 Å². The van der Waals surface area contributed by atoms with Crippen LogP contribution in [0.2, 0.25) is 0 Å². The molecule has 1 aliphatic rings. The van der Waals surface area contributed by atoms with Gasteiger partial charge in [-0.1, -0.05) is 60.7 Å². The smallest absolute Gasteiger partial charge is 0.303 e. The predicted octanol–water partition coefficient (Wildman–Crippen LogP) is 2.88. The molecule has 5 atom stereocenters. The van der Waals surface area contributed by atoms with Crippen LogP contribution in [0.25, 0.3) is 0 Å². The number of hydrogen-bond acceptors (Lipinski definition) is 10. The quantitative estimate of drug-likeness (QED) is 0.364. The zero-order valence-electron chi connectivity index (χ0n) is 21.0. The fourth-order valence-electron chi connectivity index (χ4n) is 4.04. The molecule has 0 bridgehead atoms. The second-order valence-electron chi connectivity index (χ2n) is 8.41. The van der Waals surface area contributed by atoms with Crippen LogP contribution in [0.5, 0.6) is 0 Å². The molecule has 0 amide bonds. The summed E-state index contributed by atoms with van der Waals surface area (Å²) in [6, 6.07) is 18.6. The maximum Gasteiger partial charge on any atom is 0.303 e. The fraction of sp³-hybridized carbons (Fsp3) is 0.407. The molecule has 1 heterocycles. The molecule has 1 fully saturated rings. The van der Waals surface area contributed by atoms with E-state index < -0.39 is 60.7 Å². The molecule has 0 aromatic heterocycles. The third-order valence-corrected chi connectivity index (χ3v) is 5.42. The van der Waals surface area contributed by atoms with Gasteiger partial charge in [0.05, 0.1) is 0 Å². The van der Waals surface area contributed by atoms with E-state index in [9.17, 15) is 19.2 Å². The van der Waals surface area contributed by atoms with Crippen LogP contribution in [-0.4, -0.2) is 61.2 Å². The maximum absolute atomic E-state index is 12.1. The lowest BCUT2D eigenvalue weighted by atomic mass is 9.97. The molecular formula is C27H30O10. The van der Waals surface area contributed by atoms with Crippen molar-refractivity contribution in [3.63, 3.8) is 0 Å². The number of carbonyl (C=O) groups excluding carboxylic acids is 4. The van der Waals surface area contributed by atoms with E-state index in [4.69, 9.17) is 28.4 Å². The fourth-order valence-corrected chi connectivity index (χ4v) is 4.04. The molecule has 2 aromatic rings. The zero-order valence-corrected chi connectivity index (χ0v) is 21.0. The van der Waals surface area contributed by atoms with Crippen LogP contribution in [0.4, 0.5) is 0 Å². The summed E-state index contributed by atoms with van der Waals surface area (Å²) >= 11 is 0. The van der Waals surface area contributed by atoms with Crippen molar-refractivity contribution in [1.29, 1.82) is 0 Å².